The summed E-state index contributed by atoms with van der Waals surface area (Å²) in [6.45, 7) is 7.70. The van der Waals surface area contributed by atoms with Gasteiger partial charge in [0, 0.05) is 18.0 Å². The van der Waals surface area contributed by atoms with Gasteiger partial charge in [-0.05, 0) is 33.6 Å². The Kier molecular flexibility index (Phi) is 5.37. The van der Waals surface area contributed by atoms with Crippen molar-refractivity contribution in [3.63, 3.8) is 0 Å². The maximum absolute atomic E-state index is 11.9. The predicted molar refractivity (Wildman–Crippen MR) is 79.4 cm³/mol. The van der Waals surface area contributed by atoms with Gasteiger partial charge in [0.15, 0.2) is 5.13 Å². The first-order valence-corrected chi connectivity index (χ1v) is 7.99. The third-order valence-electron chi connectivity index (χ3n) is 3.28. The van der Waals surface area contributed by atoms with Gasteiger partial charge >= 0.3 is 5.97 Å². The van der Waals surface area contributed by atoms with Gasteiger partial charge < -0.3 is 14.8 Å². The summed E-state index contributed by atoms with van der Waals surface area (Å²) < 4.78 is 10.6. The van der Waals surface area contributed by atoms with E-state index in [1.807, 2.05) is 20.8 Å². The third kappa shape index (κ3) is 3.49. The van der Waals surface area contributed by atoms with E-state index in [-0.39, 0.29) is 18.0 Å². The SMILES string of the molecule is CCOC(=O)C1CCc2sc(NCC(C)OCC)nc21. The van der Waals surface area contributed by atoms with Crippen LogP contribution in [0.3, 0.4) is 0 Å². The Morgan fingerprint density at radius 3 is 3.00 bits per heavy atom. The molecule has 1 N–H and O–H groups in total. The zero-order chi connectivity index (χ0) is 14.5. The summed E-state index contributed by atoms with van der Waals surface area (Å²) >= 11 is 1.64. The van der Waals surface area contributed by atoms with Gasteiger partial charge in [-0.2, -0.15) is 0 Å². The standard InChI is InChI=1S/C14H22N2O3S/c1-4-18-9(3)8-15-14-16-12-10(13(17)19-5-2)6-7-11(12)20-14/h9-10H,4-8H2,1-3H3,(H,15,16). The molecule has 0 aliphatic heterocycles. The number of carbonyl (C=O) groups excluding carboxylic acids is 1. The number of carbonyl (C=O) groups is 1. The summed E-state index contributed by atoms with van der Waals surface area (Å²) in [5.74, 6) is -0.327. The van der Waals surface area contributed by atoms with E-state index in [9.17, 15) is 4.79 Å². The number of hydrogen-bond donors (Lipinski definition) is 1. The van der Waals surface area contributed by atoms with Crippen LogP contribution in [0, 0.1) is 0 Å². The normalized spacial score (nSPS) is 18.6. The molecule has 0 amide bonds. The molecule has 2 atom stereocenters. The molecule has 112 valence electrons. The number of nitrogens with one attached hydrogen (secondary N) is 1. The Hall–Kier alpha value is -1.14. The molecule has 2 rings (SSSR count). The first kappa shape index (κ1) is 15.3. The van der Waals surface area contributed by atoms with Gasteiger partial charge in [-0.1, -0.05) is 0 Å². The first-order valence-electron chi connectivity index (χ1n) is 7.17. The molecule has 0 bridgehead atoms. The lowest BCUT2D eigenvalue weighted by molar-refractivity contribution is -0.145. The smallest absolute Gasteiger partial charge is 0.315 e. The molecule has 0 saturated carbocycles. The highest BCUT2D eigenvalue weighted by Gasteiger charge is 2.33. The summed E-state index contributed by atoms with van der Waals surface area (Å²) in [6, 6.07) is 0. The molecule has 0 saturated heterocycles. The molecule has 0 aromatic carbocycles. The van der Waals surface area contributed by atoms with Crippen molar-refractivity contribution in [3.05, 3.63) is 10.6 Å². The van der Waals surface area contributed by atoms with Gasteiger partial charge in [-0.25, -0.2) is 4.98 Å². The van der Waals surface area contributed by atoms with Crippen LogP contribution in [0.2, 0.25) is 0 Å². The number of nitrogens with zero attached hydrogens (tertiary/aromatic N) is 1. The number of aryl methyl sites for hydroxylation is 1. The molecule has 0 radical (unpaired) electrons. The van der Waals surface area contributed by atoms with Gasteiger partial charge in [0.05, 0.1) is 18.4 Å². The predicted octanol–water partition coefficient (Wildman–Crippen LogP) is 2.57. The van der Waals surface area contributed by atoms with Gasteiger partial charge in [0.25, 0.3) is 0 Å². The summed E-state index contributed by atoms with van der Waals surface area (Å²) in [4.78, 5) is 17.6. The largest absolute Gasteiger partial charge is 0.465 e. The molecule has 0 spiro atoms. The minimum atomic E-state index is -0.180. The summed E-state index contributed by atoms with van der Waals surface area (Å²) in [5, 5.41) is 4.15. The lowest BCUT2D eigenvalue weighted by Gasteiger charge is -2.12. The molecule has 1 heterocycles. The molecule has 1 aromatic heterocycles. The van der Waals surface area contributed by atoms with Crippen LogP contribution in [0.5, 0.6) is 0 Å². The number of thiazole rings is 1. The Morgan fingerprint density at radius 1 is 1.50 bits per heavy atom. The van der Waals surface area contributed by atoms with E-state index in [2.05, 4.69) is 10.3 Å². The van der Waals surface area contributed by atoms with E-state index in [0.29, 0.717) is 13.2 Å². The van der Waals surface area contributed by atoms with Crippen molar-refractivity contribution in [1.82, 2.24) is 4.98 Å². The van der Waals surface area contributed by atoms with Crippen molar-refractivity contribution in [3.8, 4) is 0 Å². The van der Waals surface area contributed by atoms with Crippen LogP contribution < -0.4 is 5.32 Å². The molecule has 2 unspecified atom stereocenters. The highest BCUT2D eigenvalue weighted by Crippen LogP contribution is 2.38. The molecular weight excluding hydrogens is 276 g/mol. The fraction of sp³-hybridized carbons (Fsp3) is 0.714. The van der Waals surface area contributed by atoms with Crippen molar-refractivity contribution >= 4 is 22.4 Å². The molecule has 20 heavy (non-hydrogen) atoms. The average molecular weight is 298 g/mol. The zero-order valence-electron chi connectivity index (χ0n) is 12.3. The zero-order valence-corrected chi connectivity index (χ0v) is 13.1. The maximum Gasteiger partial charge on any atom is 0.315 e. The summed E-state index contributed by atoms with van der Waals surface area (Å²) in [5.41, 5.74) is 0.903. The van der Waals surface area contributed by atoms with Gasteiger partial charge in [-0.3, -0.25) is 4.79 Å². The van der Waals surface area contributed by atoms with E-state index < -0.39 is 0 Å². The van der Waals surface area contributed by atoms with Crippen molar-refractivity contribution in [1.29, 1.82) is 0 Å². The van der Waals surface area contributed by atoms with Crippen molar-refractivity contribution in [2.24, 2.45) is 0 Å². The third-order valence-corrected chi connectivity index (χ3v) is 4.37. The second-order valence-electron chi connectivity index (χ2n) is 4.82. The minimum absolute atomic E-state index is 0.147. The molecule has 6 heteroatoms. The van der Waals surface area contributed by atoms with Gasteiger partial charge in [-0.15, -0.1) is 11.3 Å². The van der Waals surface area contributed by atoms with E-state index in [1.165, 1.54) is 4.88 Å². The second kappa shape index (κ2) is 7.04. The maximum atomic E-state index is 11.9. The van der Waals surface area contributed by atoms with E-state index in [4.69, 9.17) is 9.47 Å². The van der Waals surface area contributed by atoms with Gasteiger partial charge in [0.2, 0.25) is 0 Å². The second-order valence-corrected chi connectivity index (χ2v) is 5.90. The molecule has 5 nitrogen and oxygen atoms in total. The Labute approximate surface area is 123 Å². The Bertz CT molecular complexity index is 461. The minimum Gasteiger partial charge on any atom is -0.465 e. The van der Waals surface area contributed by atoms with Crippen LogP contribution in [0.25, 0.3) is 0 Å². The number of ether oxygens (including phenoxy) is 2. The Morgan fingerprint density at radius 2 is 2.30 bits per heavy atom. The van der Waals surface area contributed by atoms with Crippen molar-refractivity contribution in [2.75, 3.05) is 25.1 Å². The van der Waals surface area contributed by atoms with Crippen molar-refractivity contribution in [2.45, 2.75) is 45.6 Å². The fourth-order valence-corrected chi connectivity index (χ4v) is 3.39. The van der Waals surface area contributed by atoms with Crippen LogP contribution in [0.15, 0.2) is 0 Å². The number of esters is 1. The van der Waals surface area contributed by atoms with Crippen molar-refractivity contribution < 1.29 is 14.3 Å². The molecule has 0 fully saturated rings. The van der Waals surface area contributed by atoms with Crippen LogP contribution in [0.4, 0.5) is 5.13 Å². The van der Waals surface area contributed by atoms with Gasteiger partial charge in [0.1, 0.15) is 5.92 Å². The molecule has 1 aliphatic carbocycles. The number of anilines is 1. The average Bonchev–Trinajstić information content (AvgIpc) is 2.96. The fourth-order valence-electron chi connectivity index (χ4n) is 2.35. The molecule has 1 aromatic rings. The van der Waals surface area contributed by atoms with Crippen LogP contribution in [0.1, 0.15) is 43.7 Å². The van der Waals surface area contributed by atoms with Crippen LogP contribution >= 0.6 is 11.3 Å². The van der Waals surface area contributed by atoms with E-state index in [0.717, 1.165) is 30.2 Å². The molecular formula is C14H22N2O3S. The molecule has 1 aliphatic rings. The summed E-state index contributed by atoms with van der Waals surface area (Å²) in [7, 11) is 0. The number of fused-ring (bicyclic) bond motifs is 1. The van der Waals surface area contributed by atoms with Crippen LogP contribution in [-0.2, 0) is 20.7 Å². The Balaban J connectivity index is 1.96. The summed E-state index contributed by atoms with van der Waals surface area (Å²) in [6.07, 6.45) is 1.89. The quantitative estimate of drug-likeness (QED) is 0.784. The number of aromatic nitrogens is 1. The van der Waals surface area contributed by atoms with E-state index in [1.54, 1.807) is 11.3 Å². The first-order chi connectivity index (χ1) is 9.65. The van der Waals surface area contributed by atoms with E-state index >= 15 is 0 Å². The lowest BCUT2D eigenvalue weighted by atomic mass is 10.1. The highest BCUT2D eigenvalue weighted by atomic mass is 32.1. The topological polar surface area (TPSA) is 60.5 Å². The number of hydrogen-bond acceptors (Lipinski definition) is 6. The highest BCUT2D eigenvalue weighted by molar-refractivity contribution is 7.15. The number of rotatable bonds is 7. The monoisotopic (exact) mass is 298 g/mol. The lowest BCUT2D eigenvalue weighted by Crippen LogP contribution is -2.20. The van der Waals surface area contributed by atoms with Crippen LogP contribution in [-0.4, -0.2) is 36.8 Å².